The number of rotatable bonds is 5. The fourth-order valence-corrected chi connectivity index (χ4v) is 5.09. The Kier molecular flexibility index (Phi) is 4.95. The lowest BCUT2D eigenvalue weighted by Gasteiger charge is -2.47. The van der Waals surface area contributed by atoms with Crippen molar-refractivity contribution in [2.75, 3.05) is 4.90 Å². The van der Waals surface area contributed by atoms with E-state index in [-0.39, 0.29) is 42.8 Å². The molecule has 0 saturated heterocycles. The van der Waals surface area contributed by atoms with Gasteiger partial charge in [0.15, 0.2) is 0 Å². The molecule has 1 aromatic carbocycles. The summed E-state index contributed by atoms with van der Waals surface area (Å²) in [5.41, 5.74) is 1.34. The molecule has 28 heavy (non-hydrogen) atoms. The van der Waals surface area contributed by atoms with Crippen LogP contribution in [0.2, 0.25) is 5.02 Å². The van der Waals surface area contributed by atoms with Crippen LogP contribution in [0.25, 0.3) is 0 Å². The summed E-state index contributed by atoms with van der Waals surface area (Å²) in [6.45, 7) is 0. The van der Waals surface area contributed by atoms with Gasteiger partial charge >= 0.3 is 12.1 Å². The zero-order valence-electron chi connectivity index (χ0n) is 15.4. The normalized spacial score (nSPS) is 25.8. The zero-order valence-corrected chi connectivity index (χ0v) is 16.1. The molecule has 150 valence electrons. The summed E-state index contributed by atoms with van der Waals surface area (Å²) in [5.74, 6) is -1.14. The van der Waals surface area contributed by atoms with Gasteiger partial charge in [0.25, 0.3) is 0 Å². The summed E-state index contributed by atoms with van der Waals surface area (Å²) in [6, 6.07) is 4.90. The van der Waals surface area contributed by atoms with E-state index in [2.05, 4.69) is 0 Å². The third-order valence-corrected chi connectivity index (χ3v) is 6.36. The van der Waals surface area contributed by atoms with Crippen LogP contribution in [-0.4, -0.2) is 45.2 Å². The Morgan fingerprint density at radius 2 is 1.86 bits per heavy atom. The standard InChI is InChI=1S/C20H23ClN2O5/c21-11-4-7-14-16(10-11)23(20(27)28)15-3-1-2-13(15)19(14)22(12-5-6-12)17(24)8-9-18(25)26/h4,7,10,12-13,15,19H,1-3,5-6,8-9H2,(H,25,26)(H,27,28)/t13-,15+,19+/m0/s1. The Morgan fingerprint density at radius 3 is 2.50 bits per heavy atom. The van der Waals surface area contributed by atoms with Crippen molar-refractivity contribution in [1.29, 1.82) is 0 Å². The van der Waals surface area contributed by atoms with E-state index in [1.54, 1.807) is 12.1 Å². The molecular weight excluding hydrogens is 384 g/mol. The molecule has 2 N–H and O–H groups in total. The number of nitrogens with zero attached hydrogens (tertiary/aromatic N) is 2. The molecule has 7 nitrogen and oxygen atoms in total. The molecule has 1 aromatic rings. The van der Waals surface area contributed by atoms with Crippen LogP contribution >= 0.6 is 11.6 Å². The number of carbonyl (C=O) groups excluding carboxylic acids is 1. The third-order valence-electron chi connectivity index (χ3n) is 6.13. The number of hydrogen-bond acceptors (Lipinski definition) is 3. The molecular formula is C20H23ClN2O5. The van der Waals surface area contributed by atoms with Gasteiger partial charge in [-0.15, -0.1) is 0 Å². The highest BCUT2D eigenvalue weighted by molar-refractivity contribution is 6.31. The van der Waals surface area contributed by atoms with E-state index in [1.165, 1.54) is 4.90 Å². The van der Waals surface area contributed by atoms with Crippen molar-refractivity contribution in [3.63, 3.8) is 0 Å². The highest BCUT2D eigenvalue weighted by atomic mass is 35.5. The van der Waals surface area contributed by atoms with Gasteiger partial charge in [0.2, 0.25) is 5.91 Å². The maximum absolute atomic E-state index is 13.0. The molecule has 0 aromatic heterocycles. The second-order valence-electron chi connectivity index (χ2n) is 7.89. The maximum Gasteiger partial charge on any atom is 0.412 e. The third kappa shape index (κ3) is 3.32. The highest BCUT2D eigenvalue weighted by Gasteiger charge is 2.51. The average molecular weight is 407 g/mol. The molecule has 2 aliphatic carbocycles. The number of carboxylic acid groups (broad SMARTS) is 2. The first-order valence-electron chi connectivity index (χ1n) is 9.73. The molecule has 0 radical (unpaired) electrons. The molecule has 8 heteroatoms. The molecule has 1 heterocycles. The molecule has 2 amide bonds. The number of anilines is 1. The Labute approximate surface area is 167 Å². The molecule has 0 bridgehead atoms. The van der Waals surface area contributed by atoms with Crippen LogP contribution in [0.5, 0.6) is 0 Å². The van der Waals surface area contributed by atoms with Crippen LogP contribution in [0, 0.1) is 5.92 Å². The van der Waals surface area contributed by atoms with Crippen molar-refractivity contribution in [3.05, 3.63) is 28.8 Å². The highest BCUT2D eigenvalue weighted by Crippen LogP contribution is 2.53. The summed E-state index contributed by atoms with van der Waals surface area (Å²) in [7, 11) is 0. The Bertz CT molecular complexity index is 825. The molecule has 3 atom stereocenters. The van der Waals surface area contributed by atoms with Gasteiger partial charge in [-0.3, -0.25) is 14.5 Å². The molecule has 4 rings (SSSR count). The fraction of sp³-hybridized carbons (Fsp3) is 0.550. The van der Waals surface area contributed by atoms with E-state index < -0.39 is 12.1 Å². The summed E-state index contributed by atoms with van der Waals surface area (Å²) in [6.07, 6.45) is 3.06. The van der Waals surface area contributed by atoms with Gasteiger partial charge in [0, 0.05) is 29.4 Å². The first-order valence-corrected chi connectivity index (χ1v) is 10.1. The summed E-state index contributed by atoms with van der Waals surface area (Å²) < 4.78 is 0. The van der Waals surface area contributed by atoms with E-state index in [0.717, 1.165) is 37.7 Å². The molecule has 0 spiro atoms. The summed E-state index contributed by atoms with van der Waals surface area (Å²) in [5, 5.41) is 19.3. The van der Waals surface area contributed by atoms with E-state index in [9.17, 15) is 19.5 Å². The largest absolute Gasteiger partial charge is 0.481 e. The lowest BCUT2D eigenvalue weighted by atomic mass is 9.81. The summed E-state index contributed by atoms with van der Waals surface area (Å²) >= 11 is 6.17. The van der Waals surface area contributed by atoms with Crippen LogP contribution in [-0.2, 0) is 9.59 Å². The number of carbonyl (C=O) groups is 3. The van der Waals surface area contributed by atoms with Crippen LogP contribution in [0.4, 0.5) is 10.5 Å². The smallest absolute Gasteiger partial charge is 0.412 e. The predicted octanol–water partition coefficient (Wildman–Crippen LogP) is 3.90. The van der Waals surface area contributed by atoms with Gasteiger partial charge in [0.05, 0.1) is 18.2 Å². The second kappa shape index (κ2) is 7.28. The lowest BCUT2D eigenvalue weighted by Crippen LogP contribution is -2.52. The quantitative estimate of drug-likeness (QED) is 0.772. The number of aliphatic carboxylic acids is 1. The van der Waals surface area contributed by atoms with Crippen molar-refractivity contribution < 1.29 is 24.6 Å². The van der Waals surface area contributed by atoms with Gasteiger partial charge in [0.1, 0.15) is 0 Å². The van der Waals surface area contributed by atoms with Crippen LogP contribution in [0.1, 0.15) is 56.6 Å². The Morgan fingerprint density at radius 1 is 1.11 bits per heavy atom. The van der Waals surface area contributed by atoms with Crippen molar-refractivity contribution in [2.24, 2.45) is 5.92 Å². The molecule has 0 unspecified atom stereocenters. The molecule has 2 fully saturated rings. The van der Waals surface area contributed by atoms with Crippen LogP contribution in [0.15, 0.2) is 18.2 Å². The number of benzene rings is 1. The van der Waals surface area contributed by atoms with Gasteiger partial charge in [-0.25, -0.2) is 4.79 Å². The van der Waals surface area contributed by atoms with E-state index in [1.807, 2.05) is 11.0 Å². The monoisotopic (exact) mass is 406 g/mol. The minimum atomic E-state index is -1.01. The van der Waals surface area contributed by atoms with Gasteiger partial charge in [-0.2, -0.15) is 0 Å². The molecule has 2 saturated carbocycles. The summed E-state index contributed by atoms with van der Waals surface area (Å²) in [4.78, 5) is 39.3. The topological polar surface area (TPSA) is 98.2 Å². The van der Waals surface area contributed by atoms with Crippen molar-refractivity contribution in [1.82, 2.24) is 4.90 Å². The predicted molar refractivity (Wildman–Crippen MR) is 103 cm³/mol. The average Bonchev–Trinajstić information content (AvgIpc) is 3.35. The Balaban J connectivity index is 1.78. The van der Waals surface area contributed by atoms with Crippen molar-refractivity contribution in [3.8, 4) is 0 Å². The number of amides is 2. The van der Waals surface area contributed by atoms with Crippen molar-refractivity contribution >= 4 is 35.3 Å². The number of hydrogen-bond donors (Lipinski definition) is 2. The molecule has 1 aliphatic heterocycles. The maximum atomic E-state index is 13.0. The minimum Gasteiger partial charge on any atom is -0.481 e. The van der Waals surface area contributed by atoms with Gasteiger partial charge in [-0.05, 0) is 43.4 Å². The van der Waals surface area contributed by atoms with E-state index in [4.69, 9.17) is 16.7 Å². The molecule has 3 aliphatic rings. The first-order chi connectivity index (χ1) is 13.4. The lowest BCUT2D eigenvalue weighted by molar-refractivity contribution is -0.142. The van der Waals surface area contributed by atoms with E-state index in [0.29, 0.717) is 10.7 Å². The zero-order chi connectivity index (χ0) is 20.0. The van der Waals surface area contributed by atoms with Crippen LogP contribution < -0.4 is 4.90 Å². The van der Waals surface area contributed by atoms with Crippen LogP contribution in [0.3, 0.4) is 0 Å². The minimum absolute atomic E-state index is 0.0131. The Hall–Kier alpha value is -2.28. The fourth-order valence-electron chi connectivity index (χ4n) is 4.93. The van der Waals surface area contributed by atoms with Gasteiger partial charge in [-0.1, -0.05) is 24.1 Å². The van der Waals surface area contributed by atoms with Crippen molar-refractivity contribution in [2.45, 2.75) is 63.1 Å². The number of fused-ring (bicyclic) bond motifs is 2. The second-order valence-corrected chi connectivity index (χ2v) is 8.33. The number of carboxylic acids is 1. The number of halogens is 1. The van der Waals surface area contributed by atoms with Gasteiger partial charge < -0.3 is 15.1 Å². The van der Waals surface area contributed by atoms with E-state index >= 15 is 0 Å². The SMILES string of the molecule is O=C(O)CCC(=O)N(C1CC1)[C@H]1c2ccc(Cl)cc2N(C(=O)O)[C@@H]2CCC[C@@H]21. The first kappa shape index (κ1) is 19.1.